The molecule has 0 unspecified atom stereocenters. The zero-order chi connectivity index (χ0) is 19.4. The fourth-order valence-corrected chi connectivity index (χ4v) is 3.62. The van der Waals surface area contributed by atoms with Gasteiger partial charge in [0.05, 0.1) is 26.9 Å². The van der Waals surface area contributed by atoms with Crippen LogP contribution in [0.15, 0.2) is 57.9 Å². The molecule has 0 aliphatic rings. The first-order valence-corrected chi connectivity index (χ1v) is 9.31. The summed E-state index contributed by atoms with van der Waals surface area (Å²) in [5, 5.41) is 3.78. The van der Waals surface area contributed by atoms with Crippen molar-refractivity contribution in [2.24, 2.45) is 0 Å². The van der Waals surface area contributed by atoms with E-state index in [1.807, 2.05) is 12.1 Å². The summed E-state index contributed by atoms with van der Waals surface area (Å²) in [4.78, 5) is -0.0485. The van der Waals surface area contributed by atoms with Crippen molar-refractivity contribution in [3.63, 3.8) is 0 Å². The van der Waals surface area contributed by atoms with Crippen molar-refractivity contribution in [2.45, 2.75) is 4.90 Å². The average molecular weight is 390 g/mol. The Balaban J connectivity index is 1.91. The van der Waals surface area contributed by atoms with Gasteiger partial charge in [-0.15, -0.1) is 0 Å². The van der Waals surface area contributed by atoms with Crippen molar-refractivity contribution >= 4 is 15.8 Å². The number of rotatable bonds is 7. The van der Waals surface area contributed by atoms with Gasteiger partial charge < -0.3 is 18.7 Å². The molecule has 0 fully saturated rings. The number of para-hydroxylation sites is 1. The number of sulfonamides is 1. The second kappa shape index (κ2) is 7.58. The minimum atomic E-state index is -3.95. The Kier molecular flexibility index (Phi) is 5.22. The van der Waals surface area contributed by atoms with Gasteiger partial charge >= 0.3 is 0 Å². The summed E-state index contributed by atoms with van der Waals surface area (Å²) in [7, 11) is 0.447. The van der Waals surface area contributed by atoms with Gasteiger partial charge in [0.2, 0.25) is 0 Å². The van der Waals surface area contributed by atoms with E-state index in [-0.39, 0.29) is 16.5 Å². The molecule has 1 N–H and O–H groups in total. The van der Waals surface area contributed by atoms with Crippen molar-refractivity contribution < 1.29 is 27.2 Å². The van der Waals surface area contributed by atoms with Crippen LogP contribution in [0, 0.1) is 0 Å². The number of benzene rings is 2. The van der Waals surface area contributed by atoms with Gasteiger partial charge in [-0.25, -0.2) is 8.42 Å². The smallest absolute Gasteiger partial charge is 0.266 e. The summed E-state index contributed by atoms with van der Waals surface area (Å²) in [5.41, 5.74) is 0.653. The SMILES string of the molecule is COc1ccc(S(=O)(=O)Nc2cc(-c3ccccc3OC)on2)c(OC)c1. The van der Waals surface area contributed by atoms with Crippen LogP contribution in [0.1, 0.15) is 0 Å². The van der Waals surface area contributed by atoms with Crippen molar-refractivity contribution in [1.82, 2.24) is 5.16 Å². The van der Waals surface area contributed by atoms with Gasteiger partial charge in [0, 0.05) is 12.1 Å². The molecule has 9 heteroatoms. The molecule has 0 bridgehead atoms. The highest BCUT2D eigenvalue weighted by Gasteiger charge is 2.22. The summed E-state index contributed by atoms with van der Waals surface area (Å²) < 4.78 is 48.6. The van der Waals surface area contributed by atoms with E-state index >= 15 is 0 Å². The Morgan fingerprint density at radius 3 is 2.37 bits per heavy atom. The van der Waals surface area contributed by atoms with Gasteiger partial charge in [-0.2, -0.15) is 0 Å². The molecule has 3 rings (SSSR count). The second-order valence-corrected chi connectivity index (χ2v) is 7.05. The first kappa shape index (κ1) is 18.6. The highest BCUT2D eigenvalue weighted by Crippen LogP contribution is 2.33. The van der Waals surface area contributed by atoms with Crippen LogP contribution in [0.5, 0.6) is 17.2 Å². The first-order chi connectivity index (χ1) is 13.0. The van der Waals surface area contributed by atoms with Crippen molar-refractivity contribution in [3.05, 3.63) is 48.5 Å². The summed E-state index contributed by atoms with van der Waals surface area (Å²) in [5.74, 6) is 1.61. The largest absolute Gasteiger partial charge is 0.497 e. The minimum absolute atomic E-state index is 0.0359. The number of ether oxygens (including phenoxy) is 3. The van der Waals surface area contributed by atoms with Crippen LogP contribution >= 0.6 is 0 Å². The molecule has 0 spiro atoms. The van der Waals surface area contributed by atoms with Gasteiger partial charge in [-0.3, -0.25) is 4.72 Å². The predicted octanol–water partition coefficient (Wildman–Crippen LogP) is 3.17. The van der Waals surface area contributed by atoms with Crippen LogP contribution < -0.4 is 18.9 Å². The predicted molar refractivity (Wildman–Crippen MR) is 98.8 cm³/mol. The number of aromatic nitrogens is 1. The molecule has 0 atom stereocenters. The quantitative estimate of drug-likeness (QED) is 0.661. The number of nitrogens with zero attached hydrogens (tertiary/aromatic N) is 1. The van der Waals surface area contributed by atoms with Crippen molar-refractivity contribution in [2.75, 3.05) is 26.1 Å². The summed E-state index contributed by atoms with van der Waals surface area (Å²) in [6.45, 7) is 0. The van der Waals surface area contributed by atoms with Gasteiger partial charge in [-0.05, 0) is 24.3 Å². The third kappa shape index (κ3) is 3.82. The fourth-order valence-electron chi connectivity index (χ4n) is 2.49. The average Bonchev–Trinajstić information content (AvgIpc) is 3.14. The molecule has 0 radical (unpaired) electrons. The number of anilines is 1. The third-order valence-corrected chi connectivity index (χ3v) is 5.18. The van der Waals surface area contributed by atoms with Crippen LogP contribution in [-0.2, 0) is 10.0 Å². The maximum atomic E-state index is 12.7. The van der Waals surface area contributed by atoms with E-state index in [1.165, 1.54) is 45.6 Å². The molecule has 3 aromatic rings. The van der Waals surface area contributed by atoms with E-state index in [9.17, 15) is 8.42 Å². The van der Waals surface area contributed by atoms with Crippen LogP contribution in [-0.4, -0.2) is 34.9 Å². The van der Waals surface area contributed by atoms with Crippen LogP contribution in [0.25, 0.3) is 11.3 Å². The maximum Gasteiger partial charge on any atom is 0.266 e. The molecule has 2 aromatic carbocycles. The standard InChI is InChI=1S/C18H18N2O6S/c1-23-12-8-9-17(16(10-12)25-3)27(21,22)20-18-11-15(26-19-18)13-6-4-5-7-14(13)24-2/h4-11H,1-3H3,(H,19,20). The molecule has 8 nitrogen and oxygen atoms in total. The molecule has 0 saturated carbocycles. The van der Waals surface area contributed by atoms with Gasteiger partial charge in [0.15, 0.2) is 11.6 Å². The topological polar surface area (TPSA) is 99.9 Å². The Labute approximate surface area is 156 Å². The molecular weight excluding hydrogens is 372 g/mol. The molecule has 0 aliphatic carbocycles. The number of hydrogen-bond donors (Lipinski definition) is 1. The second-order valence-electron chi connectivity index (χ2n) is 5.40. The van der Waals surface area contributed by atoms with E-state index in [2.05, 4.69) is 9.88 Å². The molecular formula is C18H18N2O6S. The number of nitrogens with one attached hydrogen (secondary N) is 1. The minimum Gasteiger partial charge on any atom is -0.497 e. The molecule has 1 heterocycles. The van der Waals surface area contributed by atoms with Crippen LogP contribution in [0.2, 0.25) is 0 Å². The Morgan fingerprint density at radius 2 is 1.67 bits per heavy atom. The Morgan fingerprint density at radius 1 is 0.926 bits per heavy atom. The van der Waals surface area contributed by atoms with Gasteiger partial charge in [0.25, 0.3) is 10.0 Å². The molecule has 0 aliphatic heterocycles. The zero-order valence-corrected chi connectivity index (χ0v) is 15.7. The molecule has 27 heavy (non-hydrogen) atoms. The number of methoxy groups -OCH3 is 3. The van der Waals surface area contributed by atoms with Crippen LogP contribution in [0.3, 0.4) is 0 Å². The highest BCUT2D eigenvalue weighted by atomic mass is 32.2. The number of hydrogen-bond acceptors (Lipinski definition) is 7. The summed E-state index contributed by atoms with van der Waals surface area (Å²) >= 11 is 0. The lowest BCUT2D eigenvalue weighted by molar-refractivity contribution is 0.386. The van der Waals surface area contributed by atoms with Crippen LogP contribution in [0.4, 0.5) is 5.82 Å². The Hall–Kier alpha value is -3.20. The van der Waals surface area contributed by atoms with E-state index in [0.717, 1.165) is 0 Å². The lowest BCUT2D eigenvalue weighted by Crippen LogP contribution is -2.14. The summed E-state index contributed by atoms with van der Waals surface area (Å²) in [6, 6.07) is 13.1. The van der Waals surface area contributed by atoms with E-state index < -0.39 is 10.0 Å². The lowest BCUT2D eigenvalue weighted by Gasteiger charge is -2.11. The zero-order valence-electron chi connectivity index (χ0n) is 14.9. The highest BCUT2D eigenvalue weighted by molar-refractivity contribution is 7.92. The summed E-state index contributed by atoms with van der Waals surface area (Å²) in [6.07, 6.45) is 0. The fraction of sp³-hybridized carbons (Fsp3) is 0.167. The molecule has 0 saturated heterocycles. The van der Waals surface area contributed by atoms with Gasteiger partial charge in [0.1, 0.15) is 22.1 Å². The van der Waals surface area contributed by atoms with Gasteiger partial charge in [-0.1, -0.05) is 17.3 Å². The maximum absolute atomic E-state index is 12.7. The molecule has 1 aromatic heterocycles. The van der Waals surface area contributed by atoms with E-state index in [1.54, 1.807) is 12.1 Å². The monoisotopic (exact) mass is 390 g/mol. The molecule has 142 valence electrons. The van der Waals surface area contributed by atoms with Crippen molar-refractivity contribution in [1.29, 1.82) is 0 Å². The molecule has 0 amide bonds. The van der Waals surface area contributed by atoms with Crippen molar-refractivity contribution in [3.8, 4) is 28.6 Å². The Bertz CT molecular complexity index is 1050. The third-order valence-electron chi connectivity index (χ3n) is 3.78. The lowest BCUT2D eigenvalue weighted by atomic mass is 10.1. The first-order valence-electron chi connectivity index (χ1n) is 7.83. The normalized spacial score (nSPS) is 11.1. The van der Waals surface area contributed by atoms with E-state index in [4.69, 9.17) is 18.7 Å². The van der Waals surface area contributed by atoms with E-state index in [0.29, 0.717) is 22.8 Å².